The van der Waals surface area contributed by atoms with Crippen LogP contribution in [0.15, 0.2) is 0 Å². The minimum absolute atomic E-state index is 0.675. The molecule has 1 unspecified atom stereocenters. The number of rotatable bonds is 6. The van der Waals surface area contributed by atoms with Gasteiger partial charge in [-0.3, -0.25) is 0 Å². The zero-order valence-corrected chi connectivity index (χ0v) is 12.3. The molecule has 2 aliphatic rings. The van der Waals surface area contributed by atoms with Crippen molar-refractivity contribution < 1.29 is 0 Å². The number of likely N-dealkylation sites (tertiary alicyclic amines) is 1. The Kier molecular flexibility index (Phi) is 6.50. The average Bonchev–Trinajstić information content (AvgIpc) is 2.72. The summed E-state index contributed by atoms with van der Waals surface area (Å²) in [5.74, 6) is 1.01. The van der Waals surface area contributed by atoms with E-state index < -0.39 is 0 Å². The van der Waals surface area contributed by atoms with E-state index in [0.717, 1.165) is 5.92 Å². The summed E-state index contributed by atoms with van der Waals surface area (Å²) >= 11 is 0. The van der Waals surface area contributed by atoms with Crippen LogP contribution in [0.1, 0.15) is 64.7 Å². The standard InChI is InChI=1S/C16H32N2/c1-15(14-18-12-6-7-13-18)17-11-10-16-8-4-2-3-5-9-16/h15-17H,2-14H2,1H3. The third-order valence-corrected chi connectivity index (χ3v) is 4.75. The zero-order valence-electron chi connectivity index (χ0n) is 12.3. The Morgan fingerprint density at radius 2 is 1.67 bits per heavy atom. The van der Waals surface area contributed by atoms with E-state index in [1.807, 2.05) is 0 Å². The molecule has 2 nitrogen and oxygen atoms in total. The maximum Gasteiger partial charge on any atom is 0.0166 e. The van der Waals surface area contributed by atoms with Gasteiger partial charge in [0.05, 0.1) is 0 Å². The minimum Gasteiger partial charge on any atom is -0.313 e. The first-order chi connectivity index (χ1) is 8.84. The highest BCUT2D eigenvalue weighted by Crippen LogP contribution is 2.24. The topological polar surface area (TPSA) is 15.3 Å². The first kappa shape index (κ1) is 14.3. The third-order valence-electron chi connectivity index (χ3n) is 4.75. The van der Waals surface area contributed by atoms with Crippen LogP contribution in [0.4, 0.5) is 0 Å². The van der Waals surface area contributed by atoms with E-state index >= 15 is 0 Å². The molecule has 0 amide bonds. The van der Waals surface area contributed by atoms with E-state index in [-0.39, 0.29) is 0 Å². The van der Waals surface area contributed by atoms with Gasteiger partial charge in [-0.2, -0.15) is 0 Å². The lowest BCUT2D eigenvalue weighted by molar-refractivity contribution is 0.293. The summed E-state index contributed by atoms with van der Waals surface area (Å²) in [7, 11) is 0. The second kappa shape index (κ2) is 8.16. The number of hydrogen-bond acceptors (Lipinski definition) is 2. The summed E-state index contributed by atoms with van der Waals surface area (Å²) in [6, 6.07) is 0.675. The van der Waals surface area contributed by atoms with Gasteiger partial charge in [0.1, 0.15) is 0 Å². The van der Waals surface area contributed by atoms with Crippen molar-refractivity contribution in [2.75, 3.05) is 26.2 Å². The Balaban J connectivity index is 1.53. The van der Waals surface area contributed by atoms with E-state index in [2.05, 4.69) is 17.1 Å². The Morgan fingerprint density at radius 3 is 2.33 bits per heavy atom. The summed E-state index contributed by atoms with van der Waals surface area (Å²) in [5.41, 5.74) is 0. The van der Waals surface area contributed by atoms with Crippen molar-refractivity contribution in [3.8, 4) is 0 Å². The second-order valence-corrected chi connectivity index (χ2v) is 6.51. The fourth-order valence-corrected chi connectivity index (χ4v) is 3.60. The molecule has 106 valence electrons. The van der Waals surface area contributed by atoms with Gasteiger partial charge in [0.15, 0.2) is 0 Å². The summed E-state index contributed by atoms with van der Waals surface area (Å²) in [4.78, 5) is 2.61. The van der Waals surface area contributed by atoms with E-state index in [1.165, 1.54) is 84.0 Å². The quantitative estimate of drug-likeness (QED) is 0.729. The van der Waals surface area contributed by atoms with Gasteiger partial charge in [0.2, 0.25) is 0 Å². The second-order valence-electron chi connectivity index (χ2n) is 6.51. The van der Waals surface area contributed by atoms with E-state index in [0.29, 0.717) is 6.04 Å². The highest BCUT2D eigenvalue weighted by atomic mass is 15.2. The average molecular weight is 252 g/mol. The van der Waals surface area contributed by atoms with Crippen molar-refractivity contribution >= 4 is 0 Å². The molecule has 2 fully saturated rings. The van der Waals surface area contributed by atoms with Crippen molar-refractivity contribution in [1.29, 1.82) is 0 Å². The predicted molar refractivity (Wildman–Crippen MR) is 78.9 cm³/mol. The van der Waals surface area contributed by atoms with Gasteiger partial charge in [-0.05, 0) is 51.7 Å². The molecule has 2 rings (SSSR count). The molecule has 0 bridgehead atoms. The Morgan fingerprint density at radius 1 is 1.00 bits per heavy atom. The highest BCUT2D eigenvalue weighted by molar-refractivity contribution is 4.73. The number of nitrogens with one attached hydrogen (secondary N) is 1. The monoisotopic (exact) mass is 252 g/mol. The molecule has 0 radical (unpaired) electrons. The SMILES string of the molecule is CC(CN1CCCC1)NCCC1CCCCCC1. The third kappa shape index (κ3) is 5.27. The molecule has 18 heavy (non-hydrogen) atoms. The molecular weight excluding hydrogens is 220 g/mol. The molecule has 0 aromatic rings. The van der Waals surface area contributed by atoms with Gasteiger partial charge in [-0.15, -0.1) is 0 Å². The van der Waals surface area contributed by atoms with Gasteiger partial charge < -0.3 is 10.2 Å². The lowest BCUT2D eigenvalue weighted by atomic mass is 9.96. The first-order valence-corrected chi connectivity index (χ1v) is 8.30. The molecule has 1 aliphatic carbocycles. The van der Waals surface area contributed by atoms with Gasteiger partial charge in [-0.25, -0.2) is 0 Å². The van der Waals surface area contributed by atoms with Crippen LogP contribution in [0.2, 0.25) is 0 Å². The van der Waals surface area contributed by atoms with Crippen molar-refractivity contribution in [3.05, 3.63) is 0 Å². The fraction of sp³-hybridized carbons (Fsp3) is 1.00. The van der Waals surface area contributed by atoms with Gasteiger partial charge >= 0.3 is 0 Å². The predicted octanol–water partition coefficient (Wildman–Crippen LogP) is 3.42. The van der Waals surface area contributed by atoms with Crippen molar-refractivity contribution in [3.63, 3.8) is 0 Å². The molecule has 1 N–H and O–H groups in total. The first-order valence-electron chi connectivity index (χ1n) is 8.30. The summed E-state index contributed by atoms with van der Waals surface area (Å²) in [5, 5.41) is 3.74. The maximum atomic E-state index is 3.74. The van der Waals surface area contributed by atoms with Crippen molar-refractivity contribution in [2.24, 2.45) is 5.92 Å². The molecular formula is C16H32N2. The fourth-order valence-electron chi connectivity index (χ4n) is 3.60. The van der Waals surface area contributed by atoms with Crippen LogP contribution in [-0.2, 0) is 0 Å². The molecule has 1 heterocycles. The van der Waals surface area contributed by atoms with E-state index in [4.69, 9.17) is 0 Å². The normalized spacial score (nSPS) is 25.2. The van der Waals surface area contributed by atoms with Crippen molar-refractivity contribution in [1.82, 2.24) is 10.2 Å². The minimum atomic E-state index is 0.675. The number of nitrogens with zero attached hydrogens (tertiary/aromatic N) is 1. The van der Waals surface area contributed by atoms with Crippen LogP contribution >= 0.6 is 0 Å². The molecule has 1 aliphatic heterocycles. The zero-order chi connectivity index (χ0) is 12.6. The van der Waals surface area contributed by atoms with Crippen LogP contribution in [0.5, 0.6) is 0 Å². The van der Waals surface area contributed by atoms with Crippen LogP contribution in [0.3, 0.4) is 0 Å². The number of hydrogen-bond donors (Lipinski definition) is 1. The lowest BCUT2D eigenvalue weighted by Gasteiger charge is -2.22. The van der Waals surface area contributed by atoms with Crippen LogP contribution in [-0.4, -0.2) is 37.1 Å². The van der Waals surface area contributed by atoms with Crippen molar-refractivity contribution in [2.45, 2.75) is 70.8 Å². The molecule has 1 atom stereocenters. The van der Waals surface area contributed by atoms with Crippen LogP contribution < -0.4 is 5.32 Å². The molecule has 1 saturated heterocycles. The largest absolute Gasteiger partial charge is 0.313 e. The van der Waals surface area contributed by atoms with Crippen LogP contribution in [0.25, 0.3) is 0 Å². The van der Waals surface area contributed by atoms with Crippen LogP contribution in [0, 0.1) is 5.92 Å². The highest BCUT2D eigenvalue weighted by Gasteiger charge is 2.15. The Labute approximate surface area is 114 Å². The van der Waals surface area contributed by atoms with Gasteiger partial charge in [0.25, 0.3) is 0 Å². The molecule has 1 saturated carbocycles. The van der Waals surface area contributed by atoms with E-state index in [1.54, 1.807) is 0 Å². The maximum absolute atomic E-state index is 3.74. The van der Waals surface area contributed by atoms with E-state index in [9.17, 15) is 0 Å². The molecule has 2 heteroatoms. The molecule has 0 aromatic heterocycles. The Hall–Kier alpha value is -0.0800. The summed E-state index contributed by atoms with van der Waals surface area (Å²) < 4.78 is 0. The van der Waals surface area contributed by atoms with Gasteiger partial charge in [-0.1, -0.05) is 38.5 Å². The summed E-state index contributed by atoms with van der Waals surface area (Å²) in [6.07, 6.45) is 13.1. The molecule has 0 aromatic carbocycles. The van der Waals surface area contributed by atoms with Gasteiger partial charge in [0, 0.05) is 12.6 Å². The molecule has 0 spiro atoms. The Bertz CT molecular complexity index is 203. The lowest BCUT2D eigenvalue weighted by Crippen LogP contribution is -2.38. The summed E-state index contributed by atoms with van der Waals surface area (Å²) in [6.45, 7) is 7.50. The smallest absolute Gasteiger partial charge is 0.0166 e.